The number of aromatic nitrogens is 3. The number of likely N-dealkylation sites (N-methyl/N-ethyl adjacent to an activating group) is 1. The highest BCUT2D eigenvalue weighted by atomic mass is 15.4. The molecule has 1 aromatic carbocycles. The van der Waals surface area contributed by atoms with Crippen LogP contribution in [0.4, 0.5) is 5.82 Å². The Kier molecular flexibility index (Phi) is 4.66. The summed E-state index contributed by atoms with van der Waals surface area (Å²) < 4.78 is 2.11. The van der Waals surface area contributed by atoms with E-state index >= 15 is 0 Å². The van der Waals surface area contributed by atoms with E-state index in [4.69, 9.17) is 10.1 Å². The predicted molar refractivity (Wildman–Crippen MR) is 117 cm³/mol. The highest BCUT2D eigenvalue weighted by Gasteiger charge is 2.28. The molecule has 1 aliphatic heterocycles. The van der Waals surface area contributed by atoms with Gasteiger partial charge in [0.2, 0.25) is 0 Å². The van der Waals surface area contributed by atoms with Gasteiger partial charge in [-0.05, 0) is 71.8 Å². The SMILES string of the molecule is Cc1cc(C)c(-c2c(C)nn3c4c(c(C)nc23)CCN4CCN(C)C)c(C)c1. The topological polar surface area (TPSA) is 36.7 Å². The maximum Gasteiger partial charge on any atom is 0.165 e. The molecule has 0 bridgehead atoms. The molecule has 0 atom stereocenters. The van der Waals surface area contributed by atoms with Crippen LogP contribution >= 0.6 is 0 Å². The van der Waals surface area contributed by atoms with Gasteiger partial charge in [-0.2, -0.15) is 9.61 Å². The first kappa shape index (κ1) is 18.9. The lowest BCUT2D eigenvalue weighted by Crippen LogP contribution is -2.31. The highest BCUT2D eigenvalue weighted by molar-refractivity contribution is 5.85. The number of rotatable bonds is 4. The molecule has 0 aliphatic carbocycles. The van der Waals surface area contributed by atoms with Gasteiger partial charge in [0.15, 0.2) is 5.65 Å². The Morgan fingerprint density at radius 3 is 2.29 bits per heavy atom. The van der Waals surface area contributed by atoms with Crippen LogP contribution in [-0.2, 0) is 6.42 Å². The molecule has 2 aromatic heterocycles. The quantitative estimate of drug-likeness (QED) is 0.692. The van der Waals surface area contributed by atoms with E-state index in [1.165, 1.54) is 39.2 Å². The van der Waals surface area contributed by atoms with Crippen molar-refractivity contribution >= 4 is 11.5 Å². The van der Waals surface area contributed by atoms with Crippen LogP contribution in [-0.4, -0.2) is 53.2 Å². The lowest BCUT2D eigenvalue weighted by Gasteiger charge is -2.22. The zero-order chi connectivity index (χ0) is 20.2. The first-order valence-corrected chi connectivity index (χ1v) is 10.1. The summed E-state index contributed by atoms with van der Waals surface area (Å²) >= 11 is 0. The van der Waals surface area contributed by atoms with Gasteiger partial charge in [0.1, 0.15) is 5.82 Å². The van der Waals surface area contributed by atoms with Crippen molar-refractivity contribution in [1.82, 2.24) is 19.5 Å². The lowest BCUT2D eigenvalue weighted by atomic mass is 9.94. The van der Waals surface area contributed by atoms with Crippen molar-refractivity contribution in [3.05, 3.63) is 45.8 Å². The number of nitrogens with zero attached hydrogens (tertiary/aromatic N) is 5. The normalized spacial score (nSPS) is 13.8. The van der Waals surface area contributed by atoms with Crippen molar-refractivity contribution in [2.24, 2.45) is 0 Å². The molecule has 3 aromatic rings. The van der Waals surface area contributed by atoms with Crippen LogP contribution < -0.4 is 4.90 Å². The minimum Gasteiger partial charge on any atom is -0.355 e. The molecular weight excluding hydrogens is 346 g/mol. The van der Waals surface area contributed by atoms with Crippen molar-refractivity contribution in [3.8, 4) is 11.1 Å². The van der Waals surface area contributed by atoms with Crippen LogP contribution in [0.1, 0.15) is 33.6 Å². The second kappa shape index (κ2) is 6.89. The van der Waals surface area contributed by atoms with Crippen molar-refractivity contribution < 1.29 is 0 Å². The van der Waals surface area contributed by atoms with Gasteiger partial charge in [-0.25, -0.2) is 4.98 Å². The number of hydrogen-bond donors (Lipinski definition) is 0. The van der Waals surface area contributed by atoms with E-state index in [0.29, 0.717) is 0 Å². The number of hydrogen-bond acceptors (Lipinski definition) is 4. The average Bonchev–Trinajstić information content (AvgIpc) is 3.15. The molecule has 3 heterocycles. The monoisotopic (exact) mass is 377 g/mol. The van der Waals surface area contributed by atoms with E-state index in [9.17, 15) is 0 Å². The van der Waals surface area contributed by atoms with Gasteiger partial charge in [0.25, 0.3) is 0 Å². The Morgan fingerprint density at radius 1 is 0.964 bits per heavy atom. The van der Waals surface area contributed by atoms with E-state index in [1.54, 1.807) is 0 Å². The summed E-state index contributed by atoms with van der Waals surface area (Å²) in [5.41, 5.74) is 10.9. The summed E-state index contributed by atoms with van der Waals surface area (Å²) in [5.74, 6) is 1.24. The first-order chi connectivity index (χ1) is 13.3. The zero-order valence-electron chi connectivity index (χ0n) is 18.2. The number of fused-ring (bicyclic) bond motifs is 3. The van der Waals surface area contributed by atoms with Crippen LogP contribution in [0, 0.1) is 34.6 Å². The maximum atomic E-state index is 5.04. The molecule has 0 amide bonds. The summed E-state index contributed by atoms with van der Waals surface area (Å²) in [5, 5.41) is 4.98. The van der Waals surface area contributed by atoms with Gasteiger partial charge in [0, 0.05) is 30.9 Å². The van der Waals surface area contributed by atoms with Gasteiger partial charge in [-0.1, -0.05) is 17.7 Å². The third-order valence-corrected chi connectivity index (χ3v) is 5.89. The molecule has 0 N–H and O–H groups in total. The Hall–Kier alpha value is -2.40. The summed E-state index contributed by atoms with van der Waals surface area (Å²) in [6.45, 7) is 13.9. The summed E-state index contributed by atoms with van der Waals surface area (Å²) in [7, 11) is 4.26. The Labute approximate surface area is 168 Å². The molecule has 0 unspecified atom stereocenters. The molecule has 0 radical (unpaired) electrons. The molecule has 0 fully saturated rings. The first-order valence-electron chi connectivity index (χ1n) is 10.1. The third kappa shape index (κ3) is 2.98. The van der Waals surface area contributed by atoms with Gasteiger partial charge in [-0.3, -0.25) is 0 Å². The summed E-state index contributed by atoms with van der Waals surface area (Å²) in [6.07, 6.45) is 1.05. The van der Waals surface area contributed by atoms with Crippen molar-refractivity contribution in [1.29, 1.82) is 0 Å². The van der Waals surface area contributed by atoms with Crippen molar-refractivity contribution in [3.63, 3.8) is 0 Å². The van der Waals surface area contributed by atoms with E-state index in [2.05, 4.69) is 75.2 Å². The van der Waals surface area contributed by atoms with Crippen LogP contribution in [0.2, 0.25) is 0 Å². The van der Waals surface area contributed by atoms with Crippen LogP contribution in [0.15, 0.2) is 12.1 Å². The minimum atomic E-state index is 0.987. The van der Waals surface area contributed by atoms with Crippen LogP contribution in [0.3, 0.4) is 0 Å². The van der Waals surface area contributed by atoms with Crippen LogP contribution in [0.5, 0.6) is 0 Å². The molecule has 4 rings (SSSR count). The summed E-state index contributed by atoms with van der Waals surface area (Å²) in [4.78, 5) is 9.75. The number of benzene rings is 1. The molecule has 1 aliphatic rings. The Morgan fingerprint density at radius 2 is 1.64 bits per heavy atom. The fourth-order valence-corrected chi connectivity index (χ4v) is 4.66. The number of aryl methyl sites for hydroxylation is 5. The molecular formula is C23H31N5. The van der Waals surface area contributed by atoms with Gasteiger partial charge >= 0.3 is 0 Å². The molecule has 5 heteroatoms. The average molecular weight is 378 g/mol. The molecule has 0 spiro atoms. The van der Waals surface area contributed by atoms with Crippen molar-refractivity contribution in [2.75, 3.05) is 38.6 Å². The van der Waals surface area contributed by atoms with E-state index in [-0.39, 0.29) is 0 Å². The second-order valence-electron chi connectivity index (χ2n) is 8.51. The van der Waals surface area contributed by atoms with Gasteiger partial charge in [0.05, 0.1) is 11.3 Å². The summed E-state index contributed by atoms with van der Waals surface area (Å²) in [6, 6.07) is 4.52. The molecule has 5 nitrogen and oxygen atoms in total. The molecule has 0 saturated carbocycles. The fourth-order valence-electron chi connectivity index (χ4n) is 4.66. The zero-order valence-corrected chi connectivity index (χ0v) is 18.2. The van der Waals surface area contributed by atoms with E-state index in [1.807, 2.05) is 0 Å². The highest BCUT2D eigenvalue weighted by Crippen LogP contribution is 2.38. The fraction of sp³-hybridized carbons (Fsp3) is 0.478. The maximum absolute atomic E-state index is 5.04. The molecule has 148 valence electrons. The van der Waals surface area contributed by atoms with Gasteiger partial charge in [-0.15, -0.1) is 0 Å². The Balaban J connectivity index is 1.94. The van der Waals surface area contributed by atoms with E-state index < -0.39 is 0 Å². The lowest BCUT2D eigenvalue weighted by molar-refractivity contribution is 0.414. The molecule has 0 saturated heterocycles. The standard InChI is InChI=1S/C23H31N5/c1-14-12-15(2)20(16(3)13-14)21-18(5)25-28-22(21)24-17(4)19-8-9-27(23(19)28)11-10-26(6)7/h12-13H,8-11H2,1-7H3. The van der Waals surface area contributed by atoms with E-state index in [0.717, 1.165) is 43.1 Å². The largest absolute Gasteiger partial charge is 0.355 e. The second-order valence-corrected chi connectivity index (χ2v) is 8.51. The van der Waals surface area contributed by atoms with Gasteiger partial charge < -0.3 is 9.80 Å². The third-order valence-electron chi connectivity index (χ3n) is 5.89. The number of anilines is 1. The van der Waals surface area contributed by atoms with Crippen molar-refractivity contribution in [2.45, 2.75) is 41.0 Å². The predicted octanol–water partition coefficient (Wildman–Crippen LogP) is 3.86. The molecule has 28 heavy (non-hydrogen) atoms. The Bertz CT molecular complexity index is 1040. The van der Waals surface area contributed by atoms with Crippen LogP contribution in [0.25, 0.3) is 16.8 Å². The smallest absolute Gasteiger partial charge is 0.165 e. The minimum absolute atomic E-state index is 0.987.